The van der Waals surface area contributed by atoms with Gasteiger partial charge in [0.2, 0.25) is 29.2 Å². The highest BCUT2D eigenvalue weighted by atomic mass is 127. The van der Waals surface area contributed by atoms with Gasteiger partial charge >= 0.3 is 5.84 Å². The summed E-state index contributed by atoms with van der Waals surface area (Å²) in [6, 6.07) is 0. The molecule has 0 atom stereocenters. The highest BCUT2D eigenvalue weighted by Gasteiger charge is 2.18. The molecule has 0 saturated carbocycles. The summed E-state index contributed by atoms with van der Waals surface area (Å²) in [5.74, 6) is 3.60. The third kappa shape index (κ3) is 4.21. The molecule has 0 aromatic rings. The van der Waals surface area contributed by atoms with Gasteiger partial charge in [-0.15, -0.1) is 0 Å². The Bertz CT molecular complexity index is 492. The van der Waals surface area contributed by atoms with Crippen molar-refractivity contribution < 1.29 is 2.79 Å². The Morgan fingerprint density at radius 1 is 1.71 bits per heavy atom. The van der Waals surface area contributed by atoms with Crippen molar-refractivity contribution in [2.24, 2.45) is 9.98 Å². The maximum atomic E-state index is 4.35. The van der Waals surface area contributed by atoms with E-state index in [1.165, 1.54) is 0 Å². The van der Waals surface area contributed by atoms with Crippen molar-refractivity contribution >= 4 is 63.5 Å². The summed E-state index contributed by atoms with van der Waals surface area (Å²) in [5.41, 5.74) is 0.972. The summed E-state index contributed by atoms with van der Waals surface area (Å²) in [5, 5.41) is 2.87. The van der Waals surface area contributed by atoms with E-state index in [9.17, 15) is 0 Å². The first-order valence-corrected chi connectivity index (χ1v) is 6.74. The Labute approximate surface area is 128 Å². The molecular formula is C11H11I2N4+. The van der Waals surface area contributed by atoms with Gasteiger partial charge in [-0.3, -0.25) is 0 Å². The van der Waals surface area contributed by atoms with E-state index in [0.717, 1.165) is 15.0 Å². The van der Waals surface area contributed by atoms with Crippen LogP contribution >= 0.6 is 45.5 Å². The first-order valence-electron chi connectivity index (χ1n) is 4.70. The maximum absolute atomic E-state index is 4.35. The predicted molar refractivity (Wildman–Crippen MR) is 89.2 cm³/mol. The largest absolute Gasteiger partial charge is 0.359 e. The molecule has 4 nitrogen and oxygen atoms in total. The molecule has 6 heteroatoms. The summed E-state index contributed by atoms with van der Waals surface area (Å²) in [6.45, 7) is 3.74. The molecule has 0 aliphatic carbocycles. The Hall–Kier alpha value is -0.730. The summed E-state index contributed by atoms with van der Waals surface area (Å²) < 4.78 is 2.84. The van der Waals surface area contributed by atoms with Crippen LogP contribution in [0, 0.1) is 0 Å². The maximum Gasteiger partial charge on any atom is 0.341 e. The number of nitrogens with zero attached hydrogens (tertiary/aromatic N) is 3. The molecule has 1 aliphatic rings. The zero-order valence-electron chi connectivity index (χ0n) is 9.19. The van der Waals surface area contributed by atoms with Crippen LogP contribution in [0.25, 0.3) is 0 Å². The second-order valence-electron chi connectivity index (χ2n) is 2.84. The number of halogens is 2. The molecular weight excluding hydrogens is 442 g/mol. The van der Waals surface area contributed by atoms with Crippen LogP contribution in [0.2, 0.25) is 0 Å². The number of rotatable bonds is 3. The second kappa shape index (κ2) is 7.57. The van der Waals surface area contributed by atoms with Crippen LogP contribution in [0.1, 0.15) is 0 Å². The summed E-state index contributed by atoms with van der Waals surface area (Å²) in [7, 11) is 1.80. The van der Waals surface area contributed by atoms with E-state index in [1.54, 1.807) is 25.8 Å². The highest BCUT2D eigenvalue weighted by Crippen LogP contribution is 2.19. The molecule has 1 heterocycles. The molecule has 1 aliphatic heterocycles. The van der Waals surface area contributed by atoms with Crippen molar-refractivity contribution in [2.75, 3.05) is 7.05 Å². The summed E-state index contributed by atoms with van der Waals surface area (Å²) >= 11 is 4.36. The van der Waals surface area contributed by atoms with E-state index < -0.39 is 0 Å². The fourth-order valence-corrected chi connectivity index (χ4v) is 1.98. The predicted octanol–water partition coefficient (Wildman–Crippen LogP) is 2.58. The molecule has 0 unspecified atom stereocenters. The first kappa shape index (κ1) is 14.3. The van der Waals surface area contributed by atoms with Crippen LogP contribution in [-0.4, -0.2) is 27.9 Å². The Balaban J connectivity index is 3.30. The van der Waals surface area contributed by atoms with Gasteiger partial charge in [0.15, 0.2) is 0 Å². The number of hydrogen-bond acceptors (Lipinski definition) is 1. The van der Waals surface area contributed by atoms with Gasteiger partial charge in [0.1, 0.15) is 0 Å². The van der Waals surface area contributed by atoms with Gasteiger partial charge in [0, 0.05) is 22.9 Å². The van der Waals surface area contributed by atoms with E-state index >= 15 is 0 Å². The number of amidine groups is 1. The smallest absolute Gasteiger partial charge is 0.341 e. The monoisotopic (exact) mass is 453 g/mol. The fraction of sp³-hybridized carbons (Fsp3) is 0.0909. The lowest BCUT2D eigenvalue weighted by Gasteiger charge is -1.98. The number of allylic oxidation sites excluding steroid dienone is 2. The van der Waals surface area contributed by atoms with Crippen molar-refractivity contribution in [1.29, 1.82) is 0 Å². The Morgan fingerprint density at radius 3 is 3.12 bits per heavy atom. The van der Waals surface area contributed by atoms with Crippen LogP contribution in [0.3, 0.4) is 0 Å². The molecule has 0 bridgehead atoms. The summed E-state index contributed by atoms with van der Waals surface area (Å²) in [4.78, 5) is 8.31. The molecule has 1 N–H and O–H groups in total. The van der Waals surface area contributed by atoms with Crippen LogP contribution in [-0.2, 0) is 0 Å². The van der Waals surface area contributed by atoms with Gasteiger partial charge in [-0.1, -0.05) is 6.58 Å². The molecule has 0 fully saturated rings. The third-order valence-electron chi connectivity index (χ3n) is 1.76. The molecule has 0 amide bonds. The van der Waals surface area contributed by atoms with Crippen LogP contribution < -0.4 is 5.32 Å². The SMILES string of the molecule is C=C/[N+](I)=C(\N=C/NC)C1=C(I)C=C=NC=C1. The van der Waals surface area contributed by atoms with E-state index in [4.69, 9.17) is 0 Å². The van der Waals surface area contributed by atoms with E-state index in [1.807, 2.05) is 14.9 Å². The normalized spacial score (nSPS) is 16.2. The standard InChI is InChI=1S/C11H10I2N4/c1-3-17(13)11(16-8-14-2)9-4-6-15-7-5-10(9)12/h3-6,8H,1H2,2H3/p+1. The average Bonchev–Trinajstić information content (AvgIpc) is 2.55. The van der Waals surface area contributed by atoms with Crippen molar-refractivity contribution in [3.8, 4) is 0 Å². The second-order valence-corrected chi connectivity index (χ2v) is 5.05. The lowest BCUT2D eigenvalue weighted by atomic mass is 10.2. The minimum atomic E-state index is 0.783. The minimum Gasteiger partial charge on any atom is -0.359 e. The van der Waals surface area contributed by atoms with Crippen LogP contribution in [0.5, 0.6) is 0 Å². The first-order chi connectivity index (χ1) is 8.20. The Kier molecular flexibility index (Phi) is 6.38. The van der Waals surface area contributed by atoms with Crippen molar-refractivity contribution in [3.05, 3.63) is 40.3 Å². The lowest BCUT2D eigenvalue weighted by Crippen LogP contribution is -2.12. The zero-order chi connectivity index (χ0) is 12.7. The van der Waals surface area contributed by atoms with Crippen molar-refractivity contribution in [2.45, 2.75) is 0 Å². The van der Waals surface area contributed by atoms with Crippen molar-refractivity contribution in [1.82, 2.24) is 5.32 Å². The molecule has 1 rings (SSSR count). The van der Waals surface area contributed by atoms with Gasteiger partial charge in [-0.25, -0.2) is 4.99 Å². The highest BCUT2D eigenvalue weighted by molar-refractivity contribution is 14.1. The van der Waals surface area contributed by atoms with Gasteiger partial charge in [-0.05, 0) is 39.5 Å². The van der Waals surface area contributed by atoms with Gasteiger partial charge in [-0.2, -0.15) is 2.79 Å². The summed E-state index contributed by atoms with van der Waals surface area (Å²) in [6.07, 6.45) is 8.74. The molecule has 0 aromatic carbocycles. The zero-order valence-corrected chi connectivity index (χ0v) is 13.5. The molecule has 0 aromatic heterocycles. The van der Waals surface area contributed by atoms with Gasteiger partial charge in [0.05, 0.1) is 11.8 Å². The van der Waals surface area contributed by atoms with Crippen LogP contribution in [0.15, 0.2) is 50.3 Å². The van der Waals surface area contributed by atoms with E-state index in [0.29, 0.717) is 0 Å². The van der Waals surface area contributed by atoms with Gasteiger partial charge in [0.25, 0.3) is 0 Å². The van der Waals surface area contributed by atoms with E-state index in [2.05, 4.69) is 73.2 Å². The molecule has 0 radical (unpaired) electrons. The molecule has 88 valence electrons. The lowest BCUT2D eigenvalue weighted by molar-refractivity contribution is -0.200. The minimum absolute atomic E-state index is 0.783. The van der Waals surface area contributed by atoms with Crippen LogP contribution in [0.4, 0.5) is 0 Å². The molecule has 17 heavy (non-hydrogen) atoms. The topological polar surface area (TPSA) is 39.8 Å². The Morgan fingerprint density at radius 2 is 2.47 bits per heavy atom. The average molecular weight is 453 g/mol. The number of nitrogens with one attached hydrogen (secondary N) is 1. The van der Waals surface area contributed by atoms with Crippen molar-refractivity contribution in [3.63, 3.8) is 0 Å². The number of hydrogen-bond donors (Lipinski definition) is 1. The third-order valence-corrected chi connectivity index (χ3v) is 3.50. The van der Waals surface area contributed by atoms with Gasteiger partial charge < -0.3 is 5.32 Å². The molecule has 0 spiro atoms. The van der Waals surface area contributed by atoms with E-state index in [-0.39, 0.29) is 0 Å². The number of aliphatic imine (C=N–C) groups is 2. The fourth-order valence-electron chi connectivity index (χ4n) is 1.04. The quantitative estimate of drug-likeness (QED) is 0.304. The molecule has 0 saturated heterocycles.